The molecule has 1 aromatic heterocycles. The average molecular weight is 250 g/mol. The monoisotopic (exact) mass is 250 g/mol. The second kappa shape index (κ2) is 6.00. The SMILES string of the molecule is CC(C)NCc1cncn1CCC(=O)NC1CC1. The normalized spacial score (nSPS) is 15.1. The van der Waals surface area contributed by atoms with E-state index < -0.39 is 0 Å². The minimum absolute atomic E-state index is 0.147. The Morgan fingerprint density at radius 1 is 1.56 bits per heavy atom. The molecule has 2 N–H and O–H groups in total. The van der Waals surface area contributed by atoms with E-state index in [0.717, 1.165) is 25.1 Å². The highest BCUT2D eigenvalue weighted by molar-refractivity contribution is 5.76. The molecule has 0 radical (unpaired) electrons. The van der Waals surface area contributed by atoms with Crippen LogP contribution in [0.3, 0.4) is 0 Å². The van der Waals surface area contributed by atoms with Gasteiger partial charge in [-0.2, -0.15) is 0 Å². The molecule has 1 heterocycles. The Bertz CT molecular complexity index is 395. The lowest BCUT2D eigenvalue weighted by atomic mass is 10.3. The van der Waals surface area contributed by atoms with E-state index in [-0.39, 0.29) is 5.91 Å². The maximum Gasteiger partial charge on any atom is 0.222 e. The molecule has 1 aromatic rings. The lowest BCUT2D eigenvalue weighted by molar-refractivity contribution is -0.121. The van der Waals surface area contributed by atoms with Gasteiger partial charge in [0.25, 0.3) is 0 Å². The van der Waals surface area contributed by atoms with Crippen LogP contribution in [0.4, 0.5) is 0 Å². The third-order valence-corrected chi connectivity index (χ3v) is 3.01. The second-order valence-corrected chi connectivity index (χ2v) is 5.21. The molecule has 0 bridgehead atoms. The fraction of sp³-hybridized carbons (Fsp3) is 0.692. The van der Waals surface area contributed by atoms with Gasteiger partial charge in [0.05, 0.1) is 12.0 Å². The quantitative estimate of drug-likeness (QED) is 0.760. The Kier molecular flexibility index (Phi) is 4.36. The number of carbonyl (C=O) groups excluding carboxylic acids is 1. The van der Waals surface area contributed by atoms with Crippen molar-refractivity contribution in [3.63, 3.8) is 0 Å². The summed E-state index contributed by atoms with van der Waals surface area (Å²) in [5.41, 5.74) is 1.13. The van der Waals surface area contributed by atoms with Crippen molar-refractivity contribution in [3.8, 4) is 0 Å². The van der Waals surface area contributed by atoms with E-state index >= 15 is 0 Å². The van der Waals surface area contributed by atoms with Crippen molar-refractivity contribution in [3.05, 3.63) is 18.2 Å². The summed E-state index contributed by atoms with van der Waals surface area (Å²) in [5.74, 6) is 0.147. The van der Waals surface area contributed by atoms with E-state index in [1.807, 2.05) is 10.8 Å². The van der Waals surface area contributed by atoms with Crippen molar-refractivity contribution in [1.82, 2.24) is 20.2 Å². The first kappa shape index (κ1) is 13.1. The number of nitrogens with zero attached hydrogens (tertiary/aromatic N) is 2. The van der Waals surface area contributed by atoms with Gasteiger partial charge in [0.1, 0.15) is 0 Å². The van der Waals surface area contributed by atoms with Crippen LogP contribution in [0.5, 0.6) is 0 Å². The fourth-order valence-corrected chi connectivity index (χ4v) is 1.75. The maximum absolute atomic E-state index is 11.6. The van der Waals surface area contributed by atoms with Gasteiger partial charge in [0.2, 0.25) is 5.91 Å². The molecule has 0 saturated heterocycles. The molecule has 1 saturated carbocycles. The van der Waals surface area contributed by atoms with Crippen molar-refractivity contribution < 1.29 is 4.79 Å². The van der Waals surface area contributed by atoms with Gasteiger partial charge in [0.15, 0.2) is 0 Å². The van der Waals surface area contributed by atoms with E-state index in [4.69, 9.17) is 0 Å². The van der Waals surface area contributed by atoms with Gasteiger partial charge in [-0.1, -0.05) is 13.8 Å². The predicted molar refractivity (Wildman–Crippen MR) is 70.0 cm³/mol. The molecule has 0 unspecified atom stereocenters. The zero-order valence-electron chi connectivity index (χ0n) is 11.1. The lowest BCUT2D eigenvalue weighted by Gasteiger charge is -2.11. The van der Waals surface area contributed by atoms with Crippen LogP contribution < -0.4 is 10.6 Å². The van der Waals surface area contributed by atoms with Crippen LogP contribution in [0, 0.1) is 0 Å². The van der Waals surface area contributed by atoms with Gasteiger partial charge >= 0.3 is 0 Å². The molecule has 1 aliphatic rings. The molecule has 0 spiro atoms. The molecule has 1 aliphatic carbocycles. The van der Waals surface area contributed by atoms with Gasteiger partial charge in [-0.05, 0) is 12.8 Å². The van der Waals surface area contributed by atoms with E-state index in [9.17, 15) is 4.79 Å². The first-order chi connectivity index (χ1) is 8.65. The number of hydrogen-bond donors (Lipinski definition) is 2. The second-order valence-electron chi connectivity index (χ2n) is 5.21. The number of nitrogens with one attached hydrogen (secondary N) is 2. The number of aryl methyl sites for hydroxylation is 1. The summed E-state index contributed by atoms with van der Waals surface area (Å²) in [6, 6.07) is 0.897. The van der Waals surface area contributed by atoms with E-state index in [1.54, 1.807) is 6.33 Å². The van der Waals surface area contributed by atoms with Crippen LogP contribution >= 0.6 is 0 Å². The average Bonchev–Trinajstić information content (AvgIpc) is 3.01. The first-order valence-corrected chi connectivity index (χ1v) is 6.67. The minimum atomic E-state index is 0.147. The van der Waals surface area contributed by atoms with Crippen LogP contribution in [-0.2, 0) is 17.9 Å². The van der Waals surface area contributed by atoms with Gasteiger partial charge in [-0.15, -0.1) is 0 Å². The van der Waals surface area contributed by atoms with Gasteiger partial charge < -0.3 is 15.2 Å². The van der Waals surface area contributed by atoms with Gasteiger partial charge in [-0.3, -0.25) is 4.79 Å². The summed E-state index contributed by atoms with van der Waals surface area (Å²) in [4.78, 5) is 15.7. The summed E-state index contributed by atoms with van der Waals surface area (Å²) in [5, 5.41) is 6.35. The Balaban J connectivity index is 1.77. The molecule has 5 heteroatoms. The van der Waals surface area contributed by atoms with Crippen molar-refractivity contribution in [2.24, 2.45) is 0 Å². The Labute approximate surface area is 108 Å². The van der Waals surface area contributed by atoms with Gasteiger partial charge in [0, 0.05) is 37.8 Å². The molecule has 1 fully saturated rings. The highest BCUT2D eigenvalue weighted by Crippen LogP contribution is 2.18. The predicted octanol–water partition coefficient (Wildman–Crippen LogP) is 1.05. The smallest absolute Gasteiger partial charge is 0.222 e. The minimum Gasteiger partial charge on any atom is -0.353 e. The van der Waals surface area contributed by atoms with Crippen molar-refractivity contribution in [2.45, 2.75) is 58.3 Å². The molecule has 0 aromatic carbocycles. The summed E-state index contributed by atoms with van der Waals surface area (Å²) in [7, 11) is 0. The van der Waals surface area contributed by atoms with Crippen molar-refractivity contribution in [1.29, 1.82) is 0 Å². The number of amides is 1. The lowest BCUT2D eigenvalue weighted by Crippen LogP contribution is -2.27. The number of rotatable bonds is 7. The van der Waals surface area contributed by atoms with Crippen LogP contribution in [0.25, 0.3) is 0 Å². The highest BCUT2D eigenvalue weighted by Gasteiger charge is 2.22. The Hall–Kier alpha value is -1.36. The van der Waals surface area contributed by atoms with Crippen LogP contribution in [-0.4, -0.2) is 27.5 Å². The van der Waals surface area contributed by atoms with E-state index in [2.05, 4.69) is 29.5 Å². The molecule has 0 aliphatic heterocycles. The number of aromatic nitrogens is 2. The highest BCUT2D eigenvalue weighted by atomic mass is 16.1. The van der Waals surface area contributed by atoms with E-state index in [0.29, 0.717) is 25.0 Å². The number of carbonyl (C=O) groups is 1. The molecular formula is C13H22N4O. The zero-order valence-corrected chi connectivity index (χ0v) is 11.1. The molecule has 2 rings (SSSR count). The van der Waals surface area contributed by atoms with Crippen LogP contribution in [0.1, 0.15) is 38.8 Å². The fourth-order valence-electron chi connectivity index (χ4n) is 1.75. The Morgan fingerprint density at radius 2 is 2.33 bits per heavy atom. The van der Waals surface area contributed by atoms with Crippen molar-refractivity contribution >= 4 is 5.91 Å². The largest absolute Gasteiger partial charge is 0.353 e. The van der Waals surface area contributed by atoms with Crippen molar-refractivity contribution in [2.75, 3.05) is 0 Å². The molecular weight excluding hydrogens is 228 g/mol. The summed E-state index contributed by atoms with van der Waals surface area (Å²) in [6.45, 7) is 5.73. The molecule has 0 atom stereocenters. The zero-order chi connectivity index (χ0) is 13.0. The van der Waals surface area contributed by atoms with Gasteiger partial charge in [-0.25, -0.2) is 4.98 Å². The van der Waals surface area contributed by atoms with E-state index in [1.165, 1.54) is 0 Å². The topological polar surface area (TPSA) is 59.0 Å². The molecule has 5 nitrogen and oxygen atoms in total. The summed E-state index contributed by atoms with van der Waals surface area (Å²) in [6.07, 6.45) is 6.46. The summed E-state index contributed by atoms with van der Waals surface area (Å²) < 4.78 is 2.04. The standard InChI is InChI=1S/C13H22N4O/c1-10(2)15-8-12-7-14-9-17(12)6-5-13(18)16-11-3-4-11/h7,9-11,15H,3-6,8H2,1-2H3,(H,16,18). The Morgan fingerprint density at radius 3 is 3.00 bits per heavy atom. The molecule has 1 amide bonds. The first-order valence-electron chi connectivity index (χ1n) is 6.67. The number of hydrogen-bond acceptors (Lipinski definition) is 3. The molecule has 18 heavy (non-hydrogen) atoms. The number of imidazole rings is 1. The van der Waals surface area contributed by atoms with Crippen LogP contribution in [0.2, 0.25) is 0 Å². The van der Waals surface area contributed by atoms with Crippen LogP contribution in [0.15, 0.2) is 12.5 Å². The third kappa shape index (κ3) is 4.14. The third-order valence-electron chi connectivity index (χ3n) is 3.01. The molecule has 100 valence electrons. The maximum atomic E-state index is 11.6. The summed E-state index contributed by atoms with van der Waals surface area (Å²) >= 11 is 0.